The van der Waals surface area contributed by atoms with Crippen LogP contribution in [0, 0.1) is 6.92 Å². The van der Waals surface area contributed by atoms with E-state index < -0.39 is 25.0 Å². The standard InChI is InChI=1S/C6H8O6S2/c1-4-5(13(2,7)8)3-6(12-4)14(9,10)11/h3H,1-2H3,(H,9,10,11). The second-order valence-electron chi connectivity index (χ2n) is 2.73. The van der Waals surface area contributed by atoms with Gasteiger partial charge in [0, 0.05) is 12.3 Å². The molecule has 1 aromatic rings. The van der Waals surface area contributed by atoms with Gasteiger partial charge in [0.25, 0.3) is 0 Å². The number of sulfone groups is 1. The molecule has 0 unspecified atom stereocenters. The van der Waals surface area contributed by atoms with Crippen LogP contribution in [0.5, 0.6) is 0 Å². The van der Waals surface area contributed by atoms with Crippen molar-refractivity contribution in [1.29, 1.82) is 0 Å². The molecule has 0 amide bonds. The highest BCUT2D eigenvalue weighted by molar-refractivity contribution is 7.90. The molecule has 1 N–H and O–H groups in total. The third-order valence-corrected chi connectivity index (χ3v) is 3.42. The number of furan rings is 1. The maximum absolute atomic E-state index is 11.1. The van der Waals surface area contributed by atoms with Crippen LogP contribution in [-0.2, 0) is 20.0 Å². The first-order valence-electron chi connectivity index (χ1n) is 3.40. The molecule has 1 aromatic heterocycles. The van der Waals surface area contributed by atoms with Crippen LogP contribution in [-0.4, -0.2) is 27.6 Å². The minimum atomic E-state index is -4.50. The number of hydrogen-bond acceptors (Lipinski definition) is 5. The van der Waals surface area contributed by atoms with Crippen molar-refractivity contribution in [2.75, 3.05) is 6.26 Å². The van der Waals surface area contributed by atoms with Crippen LogP contribution in [0.3, 0.4) is 0 Å². The minimum Gasteiger partial charge on any atom is -0.446 e. The maximum atomic E-state index is 11.1. The van der Waals surface area contributed by atoms with Crippen LogP contribution in [0.4, 0.5) is 0 Å². The second kappa shape index (κ2) is 3.07. The van der Waals surface area contributed by atoms with Gasteiger partial charge in [-0.15, -0.1) is 0 Å². The van der Waals surface area contributed by atoms with E-state index >= 15 is 0 Å². The first-order valence-corrected chi connectivity index (χ1v) is 6.73. The van der Waals surface area contributed by atoms with Gasteiger partial charge in [-0.05, 0) is 6.92 Å². The molecule has 14 heavy (non-hydrogen) atoms. The Morgan fingerprint density at radius 1 is 1.29 bits per heavy atom. The molecular weight excluding hydrogens is 232 g/mol. The van der Waals surface area contributed by atoms with Gasteiger partial charge in [-0.1, -0.05) is 0 Å². The van der Waals surface area contributed by atoms with Crippen LogP contribution >= 0.6 is 0 Å². The molecule has 0 saturated heterocycles. The predicted octanol–water partition coefficient (Wildman–Crippen LogP) is 0.238. The number of aryl methyl sites for hydroxylation is 1. The SMILES string of the molecule is Cc1oc(S(=O)(=O)O)cc1S(C)(=O)=O. The van der Waals surface area contributed by atoms with Crippen molar-refractivity contribution < 1.29 is 25.8 Å². The van der Waals surface area contributed by atoms with E-state index in [4.69, 9.17) is 4.55 Å². The summed E-state index contributed by atoms with van der Waals surface area (Å²) in [6.07, 6.45) is 0.915. The predicted molar refractivity (Wildman–Crippen MR) is 46.4 cm³/mol. The summed E-state index contributed by atoms with van der Waals surface area (Å²) in [5.41, 5.74) is 0. The lowest BCUT2D eigenvalue weighted by molar-refractivity contribution is 0.392. The van der Waals surface area contributed by atoms with E-state index in [0.29, 0.717) is 0 Å². The lowest BCUT2D eigenvalue weighted by Crippen LogP contribution is -1.97. The van der Waals surface area contributed by atoms with Gasteiger partial charge in [-0.25, -0.2) is 8.42 Å². The summed E-state index contributed by atoms with van der Waals surface area (Å²) >= 11 is 0. The molecule has 1 heterocycles. The molecule has 0 radical (unpaired) electrons. The summed E-state index contributed by atoms with van der Waals surface area (Å²) in [7, 11) is -8.04. The highest BCUT2D eigenvalue weighted by Crippen LogP contribution is 2.22. The first kappa shape index (κ1) is 11.2. The molecule has 0 aliphatic carbocycles. The Balaban J connectivity index is 3.49. The highest BCUT2D eigenvalue weighted by atomic mass is 32.2. The Morgan fingerprint density at radius 3 is 2.00 bits per heavy atom. The Morgan fingerprint density at radius 2 is 1.79 bits per heavy atom. The highest BCUT2D eigenvalue weighted by Gasteiger charge is 2.22. The normalized spacial score (nSPS) is 13.1. The third-order valence-electron chi connectivity index (χ3n) is 1.50. The van der Waals surface area contributed by atoms with Crippen LogP contribution < -0.4 is 0 Å². The number of hydrogen-bond donors (Lipinski definition) is 1. The summed E-state index contributed by atoms with van der Waals surface area (Å²) in [6, 6.07) is 0.778. The zero-order valence-electron chi connectivity index (χ0n) is 7.38. The van der Waals surface area contributed by atoms with Crippen molar-refractivity contribution in [2.45, 2.75) is 16.9 Å². The Bertz CT molecular complexity index is 547. The van der Waals surface area contributed by atoms with Gasteiger partial charge < -0.3 is 4.42 Å². The van der Waals surface area contributed by atoms with Gasteiger partial charge in [0.05, 0.1) is 0 Å². The Labute approximate surface area is 81.2 Å². The van der Waals surface area contributed by atoms with E-state index in [-0.39, 0.29) is 10.7 Å². The van der Waals surface area contributed by atoms with E-state index in [2.05, 4.69) is 4.42 Å². The van der Waals surface area contributed by atoms with Crippen LogP contribution in [0.2, 0.25) is 0 Å². The van der Waals surface area contributed by atoms with Crippen molar-refractivity contribution in [1.82, 2.24) is 0 Å². The lowest BCUT2D eigenvalue weighted by Gasteiger charge is -1.90. The van der Waals surface area contributed by atoms with E-state index in [1.54, 1.807) is 0 Å². The van der Waals surface area contributed by atoms with Gasteiger partial charge in [-0.3, -0.25) is 4.55 Å². The van der Waals surface area contributed by atoms with E-state index in [9.17, 15) is 16.8 Å². The summed E-state index contributed by atoms with van der Waals surface area (Å²) in [6.45, 7) is 1.30. The number of rotatable bonds is 2. The molecule has 0 aromatic carbocycles. The molecule has 0 fully saturated rings. The topological polar surface area (TPSA) is 102 Å². The zero-order chi connectivity index (χ0) is 11.1. The molecule has 0 aliphatic rings. The summed E-state index contributed by atoms with van der Waals surface area (Å²) in [4.78, 5) is -0.245. The van der Waals surface area contributed by atoms with Gasteiger partial charge in [0.2, 0.25) is 5.09 Å². The molecular formula is C6H8O6S2. The minimum absolute atomic E-state index is 0.0693. The van der Waals surface area contributed by atoms with Crippen molar-refractivity contribution in [3.63, 3.8) is 0 Å². The molecule has 0 saturated carbocycles. The van der Waals surface area contributed by atoms with Gasteiger partial charge >= 0.3 is 10.1 Å². The fraction of sp³-hybridized carbons (Fsp3) is 0.333. The summed E-state index contributed by atoms with van der Waals surface area (Å²) in [5, 5.41) is -0.768. The molecule has 0 bridgehead atoms. The summed E-state index contributed by atoms with van der Waals surface area (Å²) in [5.74, 6) is -0.0693. The third kappa shape index (κ3) is 2.14. The maximum Gasteiger partial charge on any atom is 0.328 e. The summed E-state index contributed by atoms with van der Waals surface area (Å²) < 4.78 is 56.5. The molecule has 80 valence electrons. The second-order valence-corrected chi connectivity index (χ2v) is 6.07. The smallest absolute Gasteiger partial charge is 0.328 e. The van der Waals surface area contributed by atoms with Crippen molar-refractivity contribution in [3.8, 4) is 0 Å². The van der Waals surface area contributed by atoms with E-state index in [1.165, 1.54) is 6.92 Å². The average Bonchev–Trinajstić information content (AvgIpc) is 2.27. The Hall–Kier alpha value is -0.860. The fourth-order valence-electron chi connectivity index (χ4n) is 0.935. The van der Waals surface area contributed by atoms with Crippen LogP contribution in [0.15, 0.2) is 20.5 Å². The van der Waals surface area contributed by atoms with Gasteiger partial charge in [-0.2, -0.15) is 8.42 Å². The van der Waals surface area contributed by atoms with Crippen molar-refractivity contribution in [3.05, 3.63) is 11.8 Å². The molecule has 1 rings (SSSR count). The Kier molecular flexibility index (Phi) is 2.46. The average molecular weight is 240 g/mol. The van der Waals surface area contributed by atoms with Crippen LogP contribution in [0.1, 0.15) is 5.76 Å². The molecule has 0 atom stereocenters. The van der Waals surface area contributed by atoms with Gasteiger partial charge in [0.1, 0.15) is 10.7 Å². The van der Waals surface area contributed by atoms with Gasteiger partial charge in [0.15, 0.2) is 9.84 Å². The molecule has 8 heteroatoms. The fourth-order valence-corrected chi connectivity index (χ4v) is 2.39. The quantitative estimate of drug-likeness (QED) is 0.743. The van der Waals surface area contributed by atoms with Crippen molar-refractivity contribution in [2.24, 2.45) is 0 Å². The first-order chi connectivity index (χ1) is 6.12. The largest absolute Gasteiger partial charge is 0.446 e. The zero-order valence-corrected chi connectivity index (χ0v) is 9.02. The molecule has 6 nitrogen and oxygen atoms in total. The molecule has 0 aliphatic heterocycles. The van der Waals surface area contributed by atoms with E-state index in [1.807, 2.05) is 0 Å². The lowest BCUT2D eigenvalue weighted by atomic mass is 10.5. The van der Waals surface area contributed by atoms with Crippen LogP contribution in [0.25, 0.3) is 0 Å². The monoisotopic (exact) mass is 240 g/mol. The molecule has 0 spiro atoms. The van der Waals surface area contributed by atoms with Crippen molar-refractivity contribution >= 4 is 20.0 Å². The van der Waals surface area contributed by atoms with E-state index in [0.717, 1.165) is 12.3 Å².